The number of benzene rings is 1. The van der Waals surface area contributed by atoms with E-state index in [1.807, 2.05) is 6.07 Å². The van der Waals surface area contributed by atoms with Gasteiger partial charge in [-0.05, 0) is 35.9 Å². The van der Waals surface area contributed by atoms with E-state index in [0.29, 0.717) is 17.3 Å². The summed E-state index contributed by atoms with van der Waals surface area (Å²) in [5.41, 5.74) is 1.41. The van der Waals surface area contributed by atoms with Crippen LogP contribution in [0.5, 0.6) is 0 Å². The molecule has 23 heavy (non-hydrogen) atoms. The van der Waals surface area contributed by atoms with Crippen molar-refractivity contribution in [2.75, 3.05) is 5.32 Å². The number of nitrogens with one attached hydrogen (secondary N) is 2. The topological polar surface area (TPSA) is 91.3 Å². The molecule has 1 aromatic heterocycles. The van der Waals surface area contributed by atoms with E-state index in [4.69, 9.17) is 11.6 Å². The molecule has 1 heterocycles. The van der Waals surface area contributed by atoms with Gasteiger partial charge in [-0.3, -0.25) is 19.9 Å². The normalized spacial score (nSPS) is 11.7. The molecule has 0 aliphatic rings. The molecule has 0 fully saturated rings. The molecule has 2 aromatic rings. The third-order valence-corrected chi connectivity index (χ3v) is 3.34. The van der Waals surface area contributed by atoms with Gasteiger partial charge < -0.3 is 10.4 Å². The zero-order chi connectivity index (χ0) is 16.7. The number of carbonyl (C=O) groups is 2. The van der Waals surface area contributed by atoms with Crippen LogP contribution in [0.3, 0.4) is 0 Å². The van der Waals surface area contributed by atoms with Crippen molar-refractivity contribution in [1.29, 1.82) is 0 Å². The fourth-order valence-electron chi connectivity index (χ4n) is 1.92. The third-order valence-electron chi connectivity index (χ3n) is 3.09. The summed E-state index contributed by atoms with van der Waals surface area (Å²) in [6.45, 7) is 0.318. The summed E-state index contributed by atoms with van der Waals surface area (Å²) in [7, 11) is 0. The maximum Gasteiger partial charge on any atom is 0.321 e. The predicted molar refractivity (Wildman–Crippen MR) is 87.2 cm³/mol. The first kappa shape index (κ1) is 16.9. The van der Waals surface area contributed by atoms with Gasteiger partial charge in [0, 0.05) is 29.6 Å². The van der Waals surface area contributed by atoms with E-state index in [1.54, 1.807) is 42.7 Å². The number of halogens is 1. The van der Waals surface area contributed by atoms with Gasteiger partial charge in [0.25, 0.3) is 0 Å². The molecule has 0 spiro atoms. The standard InChI is InChI=1S/C16H16ClN3O3/c17-12-3-5-13(6-4-12)20-15(21)8-14(16(22)23)19-10-11-2-1-7-18-9-11/h1-7,9,14,19H,8,10H2,(H,20,21)(H,22,23)/t14-/m0/s1. The number of nitrogens with zero attached hydrogens (tertiary/aromatic N) is 1. The number of carboxylic acid groups (broad SMARTS) is 1. The number of hydrogen-bond acceptors (Lipinski definition) is 4. The highest BCUT2D eigenvalue weighted by Crippen LogP contribution is 2.13. The highest BCUT2D eigenvalue weighted by atomic mass is 35.5. The second-order valence-corrected chi connectivity index (χ2v) is 5.33. The summed E-state index contributed by atoms with van der Waals surface area (Å²) in [5, 5.41) is 15.3. The number of aliphatic carboxylic acids is 1. The average molecular weight is 334 g/mol. The van der Waals surface area contributed by atoms with Gasteiger partial charge in [-0.1, -0.05) is 17.7 Å². The summed E-state index contributed by atoms with van der Waals surface area (Å²) in [6, 6.07) is 9.20. The number of aromatic nitrogens is 1. The summed E-state index contributed by atoms with van der Waals surface area (Å²) >= 11 is 5.77. The molecule has 6 nitrogen and oxygen atoms in total. The van der Waals surface area contributed by atoms with Gasteiger partial charge in [-0.15, -0.1) is 0 Å². The molecule has 0 aliphatic carbocycles. The van der Waals surface area contributed by atoms with Crippen LogP contribution in [-0.4, -0.2) is 28.0 Å². The quantitative estimate of drug-likeness (QED) is 0.723. The van der Waals surface area contributed by atoms with Crippen LogP contribution in [0.1, 0.15) is 12.0 Å². The molecule has 120 valence electrons. The van der Waals surface area contributed by atoms with Crippen molar-refractivity contribution in [2.24, 2.45) is 0 Å². The molecular weight excluding hydrogens is 318 g/mol. The van der Waals surface area contributed by atoms with Gasteiger partial charge in [0.15, 0.2) is 0 Å². The second-order valence-electron chi connectivity index (χ2n) is 4.89. The van der Waals surface area contributed by atoms with Crippen LogP contribution >= 0.6 is 11.6 Å². The van der Waals surface area contributed by atoms with E-state index < -0.39 is 17.9 Å². The van der Waals surface area contributed by atoms with E-state index in [1.165, 1.54) is 0 Å². The van der Waals surface area contributed by atoms with Gasteiger partial charge in [0.2, 0.25) is 5.91 Å². The maximum absolute atomic E-state index is 12.0. The molecule has 1 amide bonds. The molecule has 0 aliphatic heterocycles. The first-order valence-electron chi connectivity index (χ1n) is 6.95. The summed E-state index contributed by atoms with van der Waals surface area (Å²) in [4.78, 5) is 27.2. The van der Waals surface area contributed by atoms with E-state index >= 15 is 0 Å². The van der Waals surface area contributed by atoms with Crippen LogP contribution < -0.4 is 10.6 Å². The van der Waals surface area contributed by atoms with Crippen molar-refractivity contribution < 1.29 is 14.7 Å². The molecule has 0 unspecified atom stereocenters. The van der Waals surface area contributed by atoms with Crippen molar-refractivity contribution in [3.8, 4) is 0 Å². The smallest absolute Gasteiger partial charge is 0.321 e. The minimum atomic E-state index is -1.08. The number of hydrogen-bond donors (Lipinski definition) is 3. The Kier molecular flexibility index (Phi) is 6.08. The van der Waals surface area contributed by atoms with Crippen molar-refractivity contribution in [3.63, 3.8) is 0 Å². The van der Waals surface area contributed by atoms with Crippen LogP contribution in [0, 0.1) is 0 Å². The Morgan fingerprint density at radius 2 is 1.96 bits per heavy atom. The Hall–Kier alpha value is -2.44. The number of anilines is 1. The van der Waals surface area contributed by atoms with Crippen molar-refractivity contribution in [3.05, 3.63) is 59.4 Å². The maximum atomic E-state index is 12.0. The number of carboxylic acids is 1. The van der Waals surface area contributed by atoms with Gasteiger partial charge in [-0.25, -0.2) is 0 Å². The zero-order valence-corrected chi connectivity index (χ0v) is 13.0. The van der Waals surface area contributed by atoms with Crippen LogP contribution in [0.25, 0.3) is 0 Å². The Morgan fingerprint density at radius 3 is 2.57 bits per heavy atom. The van der Waals surface area contributed by atoms with E-state index in [2.05, 4.69) is 15.6 Å². The lowest BCUT2D eigenvalue weighted by Crippen LogP contribution is -2.39. The Morgan fingerprint density at radius 1 is 1.22 bits per heavy atom. The number of amides is 1. The van der Waals surface area contributed by atoms with Crippen molar-refractivity contribution in [2.45, 2.75) is 19.0 Å². The number of pyridine rings is 1. The largest absolute Gasteiger partial charge is 0.480 e. The molecule has 2 rings (SSSR count). The highest BCUT2D eigenvalue weighted by Gasteiger charge is 2.20. The monoisotopic (exact) mass is 333 g/mol. The molecule has 0 radical (unpaired) electrons. The third kappa shape index (κ3) is 5.69. The van der Waals surface area contributed by atoms with Crippen LogP contribution in [-0.2, 0) is 16.1 Å². The first-order chi connectivity index (χ1) is 11.0. The number of carbonyl (C=O) groups excluding carboxylic acids is 1. The molecule has 0 bridgehead atoms. The second kappa shape index (κ2) is 8.26. The fraction of sp³-hybridized carbons (Fsp3) is 0.188. The van der Waals surface area contributed by atoms with Crippen molar-refractivity contribution >= 4 is 29.2 Å². The number of rotatable bonds is 7. The molecule has 1 atom stereocenters. The molecule has 7 heteroatoms. The van der Waals surface area contributed by atoms with Crippen LogP contribution in [0.4, 0.5) is 5.69 Å². The van der Waals surface area contributed by atoms with Gasteiger partial charge >= 0.3 is 5.97 Å². The zero-order valence-electron chi connectivity index (χ0n) is 12.2. The summed E-state index contributed by atoms with van der Waals surface area (Å²) in [6.07, 6.45) is 3.09. The molecule has 0 saturated carbocycles. The van der Waals surface area contributed by atoms with Gasteiger partial charge in [0.05, 0.1) is 6.42 Å². The summed E-state index contributed by atoms with van der Waals surface area (Å²) < 4.78 is 0. The van der Waals surface area contributed by atoms with E-state index in [9.17, 15) is 14.7 Å². The lowest BCUT2D eigenvalue weighted by Gasteiger charge is -2.14. The van der Waals surface area contributed by atoms with Crippen LogP contribution in [0.2, 0.25) is 5.02 Å². The van der Waals surface area contributed by atoms with Crippen LogP contribution in [0.15, 0.2) is 48.8 Å². The SMILES string of the molecule is O=C(C[C@H](NCc1cccnc1)C(=O)O)Nc1ccc(Cl)cc1. The molecule has 0 saturated heterocycles. The average Bonchev–Trinajstić information content (AvgIpc) is 2.54. The Balaban J connectivity index is 1.89. The van der Waals surface area contributed by atoms with E-state index in [0.717, 1.165) is 5.56 Å². The minimum absolute atomic E-state index is 0.182. The highest BCUT2D eigenvalue weighted by molar-refractivity contribution is 6.30. The lowest BCUT2D eigenvalue weighted by molar-refractivity contribution is -0.141. The van der Waals surface area contributed by atoms with Gasteiger partial charge in [-0.2, -0.15) is 0 Å². The molecule has 1 aromatic carbocycles. The predicted octanol–water partition coefficient (Wildman–Crippen LogP) is 2.31. The molecule has 3 N–H and O–H groups in total. The first-order valence-corrected chi connectivity index (χ1v) is 7.33. The molecular formula is C16H16ClN3O3. The van der Waals surface area contributed by atoms with Gasteiger partial charge in [0.1, 0.15) is 6.04 Å². The van der Waals surface area contributed by atoms with Crippen molar-refractivity contribution in [1.82, 2.24) is 10.3 Å². The Labute approximate surface area is 138 Å². The Bertz CT molecular complexity index is 662. The fourth-order valence-corrected chi connectivity index (χ4v) is 2.05. The van der Waals surface area contributed by atoms with E-state index in [-0.39, 0.29) is 6.42 Å². The summed E-state index contributed by atoms with van der Waals surface area (Å²) in [5.74, 6) is -1.47. The lowest BCUT2D eigenvalue weighted by atomic mass is 10.1. The minimum Gasteiger partial charge on any atom is -0.480 e.